The first-order valence-corrected chi connectivity index (χ1v) is 8.68. The van der Waals surface area contributed by atoms with Crippen LogP contribution in [0.2, 0.25) is 10.0 Å². The number of aryl methyl sites for hydroxylation is 1. The van der Waals surface area contributed by atoms with E-state index >= 15 is 0 Å². The number of benzene rings is 2. The van der Waals surface area contributed by atoms with Crippen LogP contribution in [0.25, 0.3) is 0 Å². The summed E-state index contributed by atoms with van der Waals surface area (Å²) in [6, 6.07) is 12.9. The molecule has 1 N–H and O–H groups in total. The van der Waals surface area contributed by atoms with Crippen LogP contribution in [0.1, 0.15) is 24.5 Å². The summed E-state index contributed by atoms with van der Waals surface area (Å²) in [6.45, 7) is 4.20. The summed E-state index contributed by atoms with van der Waals surface area (Å²) in [5.41, 5.74) is 2.81. The molecule has 0 aliphatic heterocycles. The molecule has 2 amide bonds. The number of halogens is 2. The largest absolute Gasteiger partial charge is 0.352 e. The monoisotopic (exact) mass is 378 g/mol. The van der Waals surface area contributed by atoms with Gasteiger partial charge in [0.05, 0.1) is 10.0 Å². The quantitative estimate of drug-likeness (QED) is 0.811. The Balaban J connectivity index is 1.93. The van der Waals surface area contributed by atoms with Crippen molar-refractivity contribution in [3.63, 3.8) is 0 Å². The fraction of sp³-hybridized carbons (Fsp3) is 0.263. The summed E-state index contributed by atoms with van der Waals surface area (Å²) < 4.78 is 0. The lowest BCUT2D eigenvalue weighted by atomic mass is 10.1. The van der Waals surface area contributed by atoms with E-state index < -0.39 is 0 Å². The molecule has 0 atom stereocenters. The molecule has 0 aliphatic carbocycles. The van der Waals surface area contributed by atoms with Gasteiger partial charge < -0.3 is 10.2 Å². The van der Waals surface area contributed by atoms with Crippen LogP contribution in [0.3, 0.4) is 0 Å². The molecule has 0 saturated heterocycles. The number of hydrogen-bond donors (Lipinski definition) is 1. The first-order chi connectivity index (χ1) is 11.9. The van der Waals surface area contributed by atoms with Crippen molar-refractivity contribution in [1.82, 2.24) is 5.32 Å². The highest BCUT2D eigenvalue weighted by Gasteiger charge is 2.14. The lowest BCUT2D eigenvalue weighted by molar-refractivity contribution is -0.121. The highest BCUT2D eigenvalue weighted by atomic mass is 35.5. The standard InChI is InChI=1S/C19H20Cl2N2O2/c1-13-4-3-5-15(10-13)12-22-19(25)8-9-23(14(2)24)16-6-7-17(20)18(21)11-16/h3-7,10-11H,8-9,12H2,1-2H3,(H,22,25). The molecule has 0 saturated carbocycles. The highest BCUT2D eigenvalue weighted by Crippen LogP contribution is 2.27. The molecule has 2 aromatic rings. The van der Waals surface area contributed by atoms with Crippen LogP contribution in [-0.4, -0.2) is 18.4 Å². The minimum Gasteiger partial charge on any atom is -0.352 e. The molecule has 0 unspecified atom stereocenters. The molecule has 6 heteroatoms. The first-order valence-electron chi connectivity index (χ1n) is 7.92. The molecule has 0 aromatic heterocycles. The van der Waals surface area contributed by atoms with Gasteiger partial charge in [0, 0.05) is 32.1 Å². The van der Waals surface area contributed by atoms with Gasteiger partial charge in [-0.25, -0.2) is 0 Å². The van der Waals surface area contributed by atoms with Gasteiger partial charge in [-0.1, -0.05) is 53.0 Å². The number of amides is 2. The van der Waals surface area contributed by atoms with Gasteiger partial charge in [-0.15, -0.1) is 0 Å². The zero-order chi connectivity index (χ0) is 18.4. The average molecular weight is 379 g/mol. The number of hydrogen-bond acceptors (Lipinski definition) is 2. The molecule has 0 radical (unpaired) electrons. The van der Waals surface area contributed by atoms with E-state index in [1.807, 2.05) is 31.2 Å². The Morgan fingerprint density at radius 3 is 2.48 bits per heavy atom. The van der Waals surface area contributed by atoms with E-state index in [1.54, 1.807) is 18.2 Å². The number of carbonyl (C=O) groups is 2. The predicted molar refractivity (Wildman–Crippen MR) is 102 cm³/mol. The molecule has 0 spiro atoms. The van der Waals surface area contributed by atoms with Crippen LogP contribution in [0.4, 0.5) is 5.69 Å². The smallest absolute Gasteiger partial charge is 0.223 e. The summed E-state index contributed by atoms with van der Waals surface area (Å²) in [5.74, 6) is -0.280. The Kier molecular flexibility index (Phi) is 6.85. The second kappa shape index (κ2) is 8.88. The molecule has 25 heavy (non-hydrogen) atoms. The lowest BCUT2D eigenvalue weighted by Crippen LogP contribution is -2.33. The fourth-order valence-electron chi connectivity index (χ4n) is 2.45. The molecule has 2 rings (SSSR count). The van der Waals surface area contributed by atoms with Gasteiger partial charge in [0.2, 0.25) is 11.8 Å². The summed E-state index contributed by atoms with van der Waals surface area (Å²) >= 11 is 11.9. The number of nitrogens with zero attached hydrogens (tertiary/aromatic N) is 1. The summed E-state index contributed by atoms with van der Waals surface area (Å²) in [5, 5.41) is 3.66. The van der Waals surface area contributed by atoms with Crippen LogP contribution in [-0.2, 0) is 16.1 Å². The van der Waals surface area contributed by atoms with Gasteiger partial charge in [0.1, 0.15) is 0 Å². The van der Waals surface area contributed by atoms with Gasteiger partial charge in [-0.3, -0.25) is 9.59 Å². The second-order valence-electron chi connectivity index (χ2n) is 5.78. The highest BCUT2D eigenvalue weighted by molar-refractivity contribution is 6.42. The van der Waals surface area contributed by atoms with E-state index in [9.17, 15) is 9.59 Å². The van der Waals surface area contributed by atoms with Gasteiger partial charge in [0.25, 0.3) is 0 Å². The third kappa shape index (κ3) is 5.76. The molecule has 0 fully saturated rings. The summed E-state index contributed by atoms with van der Waals surface area (Å²) in [4.78, 5) is 25.5. The Hall–Kier alpha value is -2.04. The van der Waals surface area contributed by atoms with Crippen molar-refractivity contribution in [2.75, 3.05) is 11.4 Å². The molecule has 0 bridgehead atoms. The molecule has 0 aliphatic rings. The van der Waals surface area contributed by atoms with E-state index in [4.69, 9.17) is 23.2 Å². The number of nitrogens with one attached hydrogen (secondary N) is 1. The third-order valence-electron chi connectivity index (χ3n) is 3.73. The van der Waals surface area contributed by atoms with E-state index in [-0.39, 0.29) is 24.8 Å². The summed E-state index contributed by atoms with van der Waals surface area (Å²) in [6.07, 6.45) is 0.200. The molecule has 0 heterocycles. The van der Waals surface area contributed by atoms with Crippen LogP contribution < -0.4 is 10.2 Å². The van der Waals surface area contributed by atoms with Gasteiger partial charge in [-0.05, 0) is 30.7 Å². The number of anilines is 1. The van der Waals surface area contributed by atoms with Crippen molar-refractivity contribution < 1.29 is 9.59 Å². The van der Waals surface area contributed by atoms with Gasteiger partial charge >= 0.3 is 0 Å². The van der Waals surface area contributed by atoms with Crippen molar-refractivity contribution in [3.8, 4) is 0 Å². The SMILES string of the molecule is CC(=O)N(CCC(=O)NCc1cccc(C)c1)c1ccc(Cl)c(Cl)c1. The molecule has 132 valence electrons. The number of carbonyl (C=O) groups excluding carboxylic acids is 2. The van der Waals surface area contributed by atoms with Crippen molar-refractivity contribution in [3.05, 3.63) is 63.6 Å². The zero-order valence-corrected chi connectivity index (χ0v) is 15.7. The van der Waals surface area contributed by atoms with Crippen molar-refractivity contribution in [2.45, 2.75) is 26.8 Å². The first kappa shape index (κ1) is 19.3. The average Bonchev–Trinajstić information content (AvgIpc) is 2.56. The van der Waals surface area contributed by atoms with E-state index in [0.29, 0.717) is 22.3 Å². The van der Waals surface area contributed by atoms with Gasteiger partial charge in [0.15, 0.2) is 0 Å². The van der Waals surface area contributed by atoms with Gasteiger partial charge in [-0.2, -0.15) is 0 Å². The second-order valence-corrected chi connectivity index (χ2v) is 6.60. The minimum atomic E-state index is -0.162. The normalized spacial score (nSPS) is 10.4. The topological polar surface area (TPSA) is 49.4 Å². The van der Waals surface area contributed by atoms with Crippen LogP contribution >= 0.6 is 23.2 Å². The maximum absolute atomic E-state index is 12.1. The maximum Gasteiger partial charge on any atom is 0.223 e. The molecule has 4 nitrogen and oxygen atoms in total. The molecular weight excluding hydrogens is 359 g/mol. The number of rotatable bonds is 6. The fourth-order valence-corrected chi connectivity index (χ4v) is 2.74. The van der Waals surface area contributed by atoms with Crippen LogP contribution in [0.5, 0.6) is 0 Å². The van der Waals surface area contributed by atoms with E-state index in [1.165, 1.54) is 11.8 Å². The van der Waals surface area contributed by atoms with Crippen LogP contribution in [0.15, 0.2) is 42.5 Å². The van der Waals surface area contributed by atoms with Crippen LogP contribution in [0, 0.1) is 6.92 Å². The Bertz CT molecular complexity index is 778. The lowest BCUT2D eigenvalue weighted by Gasteiger charge is -2.21. The maximum atomic E-state index is 12.1. The summed E-state index contributed by atoms with van der Waals surface area (Å²) in [7, 11) is 0. The Labute approximate surface area is 157 Å². The van der Waals surface area contributed by atoms with Crippen molar-refractivity contribution in [1.29, 1.82) is 0 Å². The Morgan fingerprint density at radius 2 is 1.84 bits per heavy atom. The molecular formula is C19H20Cl2N2O2. The van der Waals surface area contributed by atoms with Crippen molar-refractivity contribution in [2.24, 2.45) is 0 Å². The zero-order valence-electron chi connectivity index (χ0n) is 14.2. The third-order valence-corrected chi connectivity index (χ3v) is 4.47. The minimum absolute atomic E-state index is 0.118. The molecule has 2 aromatic carbocycles. The van der Waals surface area contributed by atoms with Crippen molar-refractivity contribution >= 4 is 40.7 Å². The Morgan fingerprint density at radius 1 is 1.08 bits per heavy atom. The van der Waals surface area contributed by atoms with E-state index in [0.717, 1.165) is 11.1 Å². The predicted octanol–water partition coefficient (Wildman–Crippen LogP) is 4.36. The van der Waals surface area contributed by atoms with E-state index in [2.05, 4.69) is 5.32 Å².